The van der Waals surface area contributed by atoms with Crippen LogP contribution in [0.2, 0.25) is 0 Å². The third-order valence-corrected chi connectivity index (χ3v) is 4.19. The zero-order chi connectivity index (χ0) is 24.9. The minimum absolute atomic E-state index is 0.164. The summed E-state index contributed by atoms with van der Waals surface area (Å²) in [7, 11) is 0. The first-order valence-electron chi connectivity index (χ1n) is 9.09. The first-order chi connectivity index (χ1) is 15.3. The highest BCUT2D eigenvalue weighted by Crippen LogP contribution is 2.40. The molecule has 0 bridgehead atoms. The fourth-order valence-corrected chi connectivity index (χ4v) is 2.94. The first kappa shape index (κ1) is 24.6. The molecule has 33 heavy (non-hydrogen) atoms. The van der Waals surface area contributed by atoms with Gasteiger partial charge in [-0.1, -0.05) is 6.07 Å². The third-order valence-electron chi connectivity index (χ3n) is 4.19. The molecule has 1 N–H and O–H groups in total. The molecule has 0 aliphatic carbocycles. The number of hydrogen-bond donors (Lipinski definition) is 1. The number of nitrogens with one attached hydrogen (secondary N) is 1. The lowest BCUT2D eigenvalue weighted by atomic mass is 9.97. The summed E-state index contributed by atoms with van der Waals surface area (Å²) in [5.41, 5.74) is -3.68. The Hall–Kier alpha value is -4.69. The van der Waals surface area contributed by atoms with Gasteiger partial charge in [-0.05, 0) is 19.9 Å². The lowest BCUT2D eigenvalue weighted by Gasteiger charge is -2.26. The van der Waals surface area contributed by atoms with Gasteiger partial charge in [0.25, 0.3) is 17.1 Å². The molecule has 0 radical (unpaired) electrons. The predicted octanol–water partition coefficient (Wildman–Crippen LogP) is 3.55. The number of non-ortho nitro benzene ring substituents is 2. The average Bonchev–Trinajstić information content (AvgIpc) is 2.70. The van der Waals surface area contributed by atoms with Crippen LogP contribution in [0.5, 0.6) is 5.75 Å². The van der Waals surface area contributed by atoms with Crippen molar-refractivity contribution in [1.82, 2.24) is 0 Å². The molecule has 15 nitrogen and oxygen atoms in total. The topological polar surface area (TPSA) is 211 Å². The maximum Gasteiger partial charge on any atom is 0.325 e. The second-order valence-corrected chi connectivity index (χ2v) is 7.40. The Balaban J connectivity index is 2.19. The molecule has 2 aromatic rings. The smallest absolute Gasteiger partial charge is 0.325 e. The summed E-state index contributed by atoms with van der Waals surface area (Å²) < 4.78 is 5.06. The summed E-state index contributed by atoms with van der Waals surface area (Å²) in [5, 5.41) is 47.3. The van der Waals surface area contributed by atoms with Crippen LogP contribution >= 0.6 is 0 Å². The van der Waals surface area contributed by atoms with Crippen molar-refractivity contribution in [2.45, 2.75) is 25.8 Å². The molecule has 2 aromatic carbocycles. The lowest BCUT2D eigenvalue weighted by molar-refractivity contribution is -0.404. The van der Waals surface area contributed by atoms with Crippen molar-refractivity contribution < 1.29 is 29.2 Å². The quantitative estimate of drug-likeness (QED) is 0.376. The van der Waals surface area contributed by atoms with Gasteiger partial charge in [-0.3, -0.25) is 45.3 Å². The number of nitro benzene ring substituents is 4. The van der Waals surface area contributed by atoms with Gasteiger partial charge in [0.05, 0.1) is 31.8 Å². The van der Waals surface area contributed by atoms with E-state index in [2.05, 4.69) is 5.32 Å². The first-order valence-corrected chi connectivity index (χ1v) is 9.09. The Morgan fingerprint density at radius 2 is 1.42 bits per heavy atom. The second-order valence-electron chi connectivity index (χ2n) is 7.40. The molecule has 15 heteroatoms. The van der Waals surface area contributed by atoms with Crippen LogP contribution in [0.25, 0.3) is 0 Å². The highest BCUT2D eigenvalue weighted by Gasteiger charge is 2.33. The standard InChI is InChI=1S/C18H17N5O10/c1-18(2,19-11-4-3-5-12(6-11)20(25)26)9-14(24)10-33-17-15(22(29)30)7-13(21(27)28)8-16(17)23(31)32/h3-8,19H,9-10H2,1-2H3. The number of ketones is 1. The summed E-state index contributed by atoms with van der Waals surface area (Å²) in [6.07, 6.45) is -0.218. The van der Waals surface area contributed by atoms with Crippen LogP contribution in [0, 0.1) is 40.5 Å². The van der Waals surface area contributed by atoms with E-state index in [1.54, 1.807) is 19.9 Å². The molecule has 0 atom stereocenters. The lowest BCUT2D eigenvalue weighted by Crippen LogP contribution is -2.35. The Morgan fingerprint density at radius 1 is 0.879 bits per heavy atom. The van der Waals surface area contributed by atoms with Gasteiger partial charge in [0.2, 0.25) is 0 Å². The van der Waals surface area contributed by atoms with Crippen molar-refractivity contribution in [3.05, 3.63) is 76.9 Å². The zero-order valence-electron chi connectivity index (χ0n) is 17.2. The molecule has 0 aliphatic heterocycles. The van der Waals surface area contributed by atoms with E-state index in [0.717, 1.165) is 0 Å². The molecule has 174 valence electrons. The van der Waals surface area contributed by atoms with E-state index in [0.29, 0.717) is 17.8 Å². The van der Waals surface area contributed by atoms with Gasteiger partial charge >= 0.3 is 11.4 Å². The van der Waals surface area contributed by atoms with Crippen molar-refractivity contribution in [1.29, 1.82) is 0 Å². The molecule has 0 saturated heterocycles. The summed E-state index contributed by atoms with van der Waals surface area (Å²) in [5.74, 6) is -1.49. The SMILES string of the molecule is CC(C)(CC(=O)COc1c([N+](=O)[O-])cc([N+](=O)[O-])cc1[N+](=O)[O-])Nc1cccc([N+](=O)[O-])c1. The second kappa shape index (κ2) is 9.63. The largest absolute Gasteiger partial charge is 0.474 e. The molecule has 0 fully saturated rings. The van der Waals surface area contributed by atoms with Gasteiger partial charge in [-0.2, -0.15) is 0 Å². The van der Waals surface area contributed by atoms with Crippen LogP contribution in [0.15, 0.2) is 36.4 Å². The van der Waals surface area contributed by atoms with Crippen LogP contribution in [0.3, 0.4) is 0 Å². The van der Waals surface area contributed by atoms with Gasteiger partial charge in [-0.25, -0.2) is 0 Å². The number of Topliss-reactive ketones (excluding diaryl/α,β-unsaturated/α-hetero) is 1. The summed E-state index contributed by atoms with van der Waals surface area (Å²) in [4.78, 5) is 53.0. The molecular weight excluding hydrogens is 446 g/mol. The van der Waals surface area contributed by atoms with E-state index in [-0.39, 0.29) is 12.1 Å². The molecule has 0 unspecified atom stereocenters. The predicted molar refractivity (Wildman–Crippen MR) is 112 cm³/mol. The average molecular weight is 463 g/mol. The number of hydrogen-bond acceptors (Lipinski definition) is 11. The number of carbonyl (C=O) groups is 1. The van der Waals surface area contributed by atoms with Gasteiger partial charge in [-0.15, -0.1) is 0 Å². The molecule has 0 heterocycles. The van der Waals surface area contributed by atoms with Crippen LogP contribution in [0.1, 0.15) is 20.3 Å². The molecule has 0 aliphatic rings. The van der Waals surface area contributed by atoms with Gasteiger partial charge < -0.3 is 10.1 Å². The van der Waals surface area contributed by atoms with Crippen molar-refractivity contribution in [2.75, 3.05) is 11.9 Å². The van der Waals surface area contributed by atoms with Gasteiger partial charge in [0.1, 0.15) is 6.61 Å². The van der Waals surface area contributed by atoms with Crippen molar-refractivity contribution in [2.24, 2.45) is 0 Å². The Morgan fingerprint density at radius 3 is 1.91 bits per heavy atom. The summed E-state index contributed by atoms with van der Waals surface area (Å²) in [6.45, 7) is 2.43. The monoisotopic (exact) mass is 463 g/mol. The minimum Gasteiger partial charge on any atom is -0.474 e. The van der Waals surface area contributed by atoms with Gasteiger partial charge in [0.15, 0.2) is 5.78 Å². The zero-order valence-corrected chi connectivity index (χ0v) is 17.2. The van der Waals surface area contributed by atoms with E-state index in [9.17, 15) is 45.3 Å². The highest BCUT2D eigenvalue weighted by molar-refractivity contribution is 5.82. The van der Waals surface area contributed by atoms with Crippen LogP contribution in [0.4, 0.5) is 28.4 Å². The number of anilines is 1. The van der Waals surface area contributed by atoms with Crippen molar-refractivity contribution in [3.8, 4) is 5.75 Å². The van der Waals surface area contributed by atoms with E-state index in [4.69, 9.17) is 4.74 Å². The van der Waals surface area contributed by atoms with Crippen LogP contribution in [-0.2, 0) is 4.79 Å². The molecule has 2 rings (SSSR count). The molecule has 0 aromatic heterocycles. The van der Waals surface area contributed by atoms with E-state index in [1.807, 2.05) is 0 Å². The van der Waals surface area contributed by atoms with E-state index < -0.39 is 60.4 Å². The highest BCUT2D eigenvalue weighted by atomic mass is 16.6. The summed E-state index contributed by atoms with van der Waals surface area (Å²) >= 11 is 0. The molecule has 0 amide bonds. The normalized spacial score (nSPS) is 10.8. The number of nitrogens with zero attached hydrogens (tertiary/aromatic N) is 4. The summed E-state index contributed by atoms with van der Waals surface area (Å²) in [6, 6.07) is 6.57. The molecule has 0 saturated carbocycles. The number of rotatable bonds is 11. The molecular formula is C18H17N5O10. The third kappa shape index (κ3) is 6.39. The fraction of sp³-hybridized carbons (Fsp3) is 0.278. The number of carbonyl (C=O) groups excluding carboxylic acids is 1. The maximum atomic E-state index is 12.4. The van der Waals surface area contributed by atoms with E-state index >= 15 is 0 Å². The number of nitro groups is 4. The van der Waals surface area contributed by atoms with E-state index in [1.165, 1.54) is 18.2 Å². The Bertz CT molecular complexity index is 1110. The van der Waals surface area contributed by atoms with Crippen LogP contribution < -0.4 is 10.1 Å². The van der Waals surface area contributed by atoms with Crippen LogP contribution in [-0.4, -0.2) is 37.6 Å². The van der Waals surface area contributed by atoms with Gasteiger partial charge in [0, 0.05) is 29.8 Å². The minimum atomic E-state index is -1.09. The van der Waals surface area contributed by atoms with Crippen molar-refractivity contribution in [3.63, 3.8) is 0 Å². The number of benzene rings is 2. The number of ether oxygens (including phenoxy) is 1. The molecule has 0 spiro atoms. The Kier molecular flexibility index (Phi) is 7.17. The fourth-order valence-electron chi connectivity index (χ4n) is 2.94. The Labute approximate surface area is 184 Å². The maximum absolute atomic E-state index is 12.4. The van der Waals surface area contributed by atoms with Crippen molar-refractivity contribution >= 4 is 34.2 Å².